The molecule has 0 bridgehead atoms. The summed E-state index contributed by atoms with van der Waals surface area (Å²) < 4.78 is 5.18. The van der Waals surface area contributed by atoms with Crippen molar-refractivity contribution >= 4 is 17.3 Å². The normalized spacial score (nSPS) is 15.7. The Morgan fingerprint density at radius 1 is 1.33 bits per heavy atom. The number of amides is 1. The molecule has 1 aromatic carbocycles. The number of carbonyl (C=O) groups is 1. The number of hydrogen-bond donors (Lipinski definition) is 3. The highest BCUT2D eigenvalue weighted by atomic mass is 16.5. The van der Waals surface area contributed by atoms with Crippen LogP contribution in [0, 0.1) is 0 Å². The molecule has 1 aliphatic rings. The lowest BCUT2D eigenvalue weighted by Gasteiger charge is -2.27. The maximum Gasteiger partial charge on any atom is 0.227 e. The van der Waals surface area contributed by atoms with E-state index >= 15 is 0 Å². The molecule has 6 heteroatoms. The van der Waals surface area contributed by atoms with E-state index < -0.39 is 0 Å². The van der Waals surface area contributed by atoms with Crippen molar-refractivity contribution in [2.75, 3.05) is 37.8 Å². The quantitative estimate of drug-likeness (QED) is 0.389. The number of nitrogens with two attached hydrogens (primary N) is 2. The second-order valence-electron chi connectivity index (χ2n) is 4.24. The summed E-state index contributed by atoms with van der Waals surface area (Å²) in [6, 6.07) is 2.97. The fourth-order valence-electron chi connectivity index (χ4n) is 1.94. The predicted molar refractivity (Wildman–Crippen MR) is 68.0 cm³/mol. The highest BCUT2D eigenvalue weighted by molar-refractivity contribution is 5.84. The third-order valence-corrected chi connectivity index (χ3v) is 3.06. The van der Waals surface area contributed by atoms with Crippen LogP contribution in [0.5, 0.6) is 5.75 Å². The zero-order valence-electron chi connectivity index (χ0n) is 10.1. The van der Waals surface area contributed by atoms with E-state index in [0.29, 0.717) is 37.6 Å². The van der Waals surface area contributed by atoms with E-state index in [-0.39, 0.29) is 23.8 Å². The monoisotopic (exact) mass is 251 g/mol. The van der Waals surface area contributed by atoms with Crippen LogP contribution in [0.3, 0.4) is 0 Å². The molecule has 0 aromatic heterocycles. The molecule has 5 N–H and O–H groups in total. The molecule has 1 heterocycles. The minimum atomic E-state index is -0.0534. The number of nitrogens with zero attached hydrogens (tertiary/aromatic N) is 1. The van der Waals surface area contributed by atoms with Gasteiger partial charge in [-0.25, -0.2) is 0 Å². The maximum atomic E-state index is 12.1. The number of phenols is 1. The fourth-order valence-corrected chi connectivity index (χ4v) is 1.94. The Bertz CT molecular complexity index is 456. The van der Waals surface area contributed by atoms with Crippen molar-refractivity contribution in [3.05, 3.63) is 17.7 Å². The fraction of sp³-hybridized carbons (Fsp3) is 0.417. The molecule has 1 saturated heterocycles. The van der Waals surface area contributed by atoms with Crippen LogP contribution in [-0.2, 0) is 16.0 Å². The first-order chi connectivity index (χ1) is 8.59. The van der Waals surface area contributed by atoms with Gasteiger partial charge in [0.2, 0.25) is 5.91 Å². The molecular formula is C12H17N3O3. The first-order valence-electron chi connectivity index (χ1n) is 5.81. The summed E-state index contributed by atoms with van der Waals surface area (Å²) in [6.07, 6.45) is 0.103. The third kappa shape index (κ3) is 2.48. The van der Waals surface area contributed by atoms with Crippen molar-refractivity contribution in [3.8, 4) is 5.75 Å². The molecule has 0 saturated carbocycles. The molecule has 0 spiro atoms. The van der Waals surface area contributed by atoms with Crippen LogP contribution in [0.2, 0.25) is 0 Å². The lowest BCUT2D eigenvalue weighted by Crippen LogP contribution is -2.41. The SMILES string of the molecule is Nc1ccc(O)c(N)c1CC(=O)N1CCOCC1. The molecular weight excluding hydrogens is 234 g/mol. The predicted octanol–water partition coefficient (Wildman–Crippen LogP) is -0.0421. The number of morpholine rings is 1. The smallest absolute Gasteiger partial charge is 0.227 e. The summed E-state index contributed by atoms with van der Waals surface area (Å²) in [5, 5.41) is 9.52. The molecule has 2 rings (SSSR count). The standard InChI is InChI=1S/C12H17N3O3/c13-9-1-2-10(16)12(14)8(9)7-11(17)15-3-5-18-6-4-15/h1-2,16H,3-7,13-14H2. The summed E-state index contributed by atoms with van der Waals surface area (Å²) >= 11 is 0. The van der Waals surface area contributed by atoms with E-state index in [4.69, 9.17) is 16.2 Å². The van der Waals surface area contributed by atoms with Gasteiger partial charge in [-0.2, -0.15) is 0 Å². The van der Waals surface area contributed by atoms with Gasteiger partial charge in [0.05, 0.1) is 25.3 Å². The van der Waals surface area contributed by atoms with Crippen molar-refractivity contribution in [1.82, 2.24) is 4.90 Å². The zero-order chi connectivity index (χ0) is 13.1. The minimum Gasteiger partial charge on any atom is -0.506 e. The van der Waals surface area contributed by atoms with Crippen LogP contribution in [0.25, 0.3) is 0 Å². The van der Waals surface area contributed by atoms with Crippen molar-refractivity contribution < 1.29 is 14.6 Å². The highest BCUT2D eigenvalue weighted by Gasteiger charge is 2.19. The lowest BCUT2D eigenvalue weighted by atomic mass is 10.1. The highest BCUT2D eigenvalue weighted by Crippen LogP contribution is 2.29. The summed E-state index contributed by atoms with van der Waals surface area (Å²) in [5.41, 5.74) is 12.6. The number of nitrogen functional groups attached to an aromatic ring is 2. The van der Waals surface area contributed by atoms with Crippen molar-refractivity contribution in [3.63, 3.8) is 0 Å². The zero-order valence-corrected chi connectivity index (χ0v) is 10.1. The number of aromatic hydroxyl groups is 1. The van der Waals surface area contributed by atoms with Gasteiger partial charge in [0.15, 0.2) is 0 Å². The minimum absolute atomic E-state index is 0.0472. The summed E-state index contributed by atoms with van der Waals surface area (Å²) in [5.74, 6) is -0.101. The molecule has 0 radical (unpaired) electrons. The molecule has 6 nitrogen and oxygen atoms in total. The Hall–Kier alpha value is -1.95. The summed E-state index contributed by atoms with van der Waals surface area (Å²) in [6.45, 7) is 2.27. The van der Waals surface area contributed by atoms with Crippen molar-refractivity contribution in [2.24, 2.45) is 0 Å². The number of carbonyl (C=O) groups excluding carboxylic acids is 1. The molecule has 98 valence electrons. The van der Waals surface area contributed by atoms with Gasteiger partial charge in [0, 0.05) is 24.3 Å². The Kier molecular flexibility index (Phi) is 3.57. The van der Waals surface area contributed by atoms with E-state index in [9.17, 15) is 9.90 Å². The largest absolute Gasteiger partial charge is 0.506 e. The molecule has 1 fully saturated rings. The van der Waals surface area contributed by atoms with Gasteiger partial charge in [0.1, 0.15) is 5.75 Å². The van der Waals surface area contributed by atoms with E-state index in [1.165, 1.54) is 6.07 Å². The Morgan fingerprint density at radius 2 is 2.00 bits per heavy atom. The van der Waals surface area contributed by atoms with E-state index in [1.54, 1.807) is 11.0 Å². The lowest BCUT2D eigenvalue weighted by molar-refractivity contribution is -0.134. The molecule has 1 amide bonds. The van der Waals surface area contributed by atoms with Gasteiger partial charge < -0.3 is 26.2 Å². The average Bonchev–Trinajstić information content (AvgIpc) is 2.40. The molecule has 0 atom stereocenters. The van der Waals surface area contributed by atoms with Gasteiger partial charge >= 0.3 is 0 Å². The van der Waals surface area contributed by atoms with Gasteiger partial charge in [-0.1, -0.05) is 0 Å². The number of ether oxygens (including phenoxy) is 1. The molecule has 18 heavy (non-hydrogen) atoms. The van der Waals surface area contributed by atoms with Crippen molar-refractivity contribution in [2.45, 2.75) is 6.42 Å². The number of benzene rings is 1. The van der Waals surface area contributed by atoms with Crippen LogP contribution in [-0.4, -0.2) is 42.2 Å². The third-order valence-electron chi connectivity index (χ3n) is 3.06. The van der Waals surface area contributed by atoms with Crippen LogP contribution in [0.15, 0.2) is 12.1 Å². The second kappa shape index (κ2) is 5.14. The van der Waals surface area contributed by atoms with Gasteiger partial charge in [-0.3, -0.25) is 4.79 Å². The molecule has 0 aliphatic carbocycles. The van der Waals surface area contributed by atoms with Crippen LogP contribution in [0.4, 0.5) is 11.4 Å². The first-order valence-corrected chi connectivity index (χ1v) is 5.81. The topological polar surface area (TPSA) is 102 Å². The Labute approximate surface area is 105 Å². The molecule has 0 unspecified atom stereocenters. The summed E-state index contributed by atoms with van der Waals surface area (Å²) in [7, 11) is 0. The number of rotatable bonds is 2. The second-order valence-corrected chi connectivity index (χ2v) is 4.24. The van der Waals surface area contributed by atoms with Gasteiger partial charge in [-0.15, -0.1) is 0 Å². The van der Waals surface area contributed by atoms with E-state index in [0.717, 1.165) is 0 Å². The van der Waals surface area contributed by atoms with Crippen LogP contribution >= 0.6 is 0 Å². The molecule has 1 aliphatic heterocycles. The summed E-state index contributed by atoms with van der Waals surface area (Å²) in [4.78, 5) is 13.8. The first kappa shape index (κ1) is 12.5. The van der Waals surface area contributed by atoms with Gasteiger partial charge in [0.25, 0.3) is 0 Å². The van der Waals surface area contributed by atoms with Crippen LogP contribution < -0.4 is 11.5 Å². The maximum absolute atomic E-state index is 12.1. The number of anilines is 2. The Balaban J connectivity index is 2.13. The van der Waals surface area contributed by atoms with E-state index in [1.807, 2.05) is 0 Å². The Morgan fingerprint density at radius 3 is 2.67 bits per heavy atom. The van der Waals surface area contributed by atoms with Crippen molar-refractivity contribution in [1.29, 1.82) is 0 Å². The average molecular weight is 251 g/mol. The number of phenolic OH excluding ortho intramolecular Hbond substituents is 1. The van der Waals surface area contributed by atoms with E-state index in [2.05, 4.69) is 0 Å². The number of hydrogen-bond acceptors (Lipinski definition) is 5. The molecule has 1 aromatic rings. The van der Waals surface area contributed by atoms with Crippen LogP contribution in [0.1, 0.15) is 5.56 Å². The van der Waals surface area contributed by atoms with Gasteiger partial charge in [-0.05, 0) is 12.1 Å².